The lowest BCUT2D eigenvalue weighted by Gasteiger charge is -2.11. The van der Waals surface area contributed by atoms with Crippen molar-refractivity contribution in [2.45, 2.75) is 33.9 Å². The SMILES string of the molecule is CCNC(=NCc1ccc(C)c(F)c1)NCCn1cc(C)cn1.I. The maximum Gasteiger partial charge on any atom is 0.191 e. The van der Waals surface area contributed by atoms with Crippen LogP contribution in [0.15, 0.2) is 35.6 Å². The van der Waals surface area contributed by atoms with E-state index in [0.29, 0.717) is 12.1 Å². The number of aryl methyl sites for hydroxylation is 2. The van der Waals surface area contributed by atoms with Crippen LogP contribution in [0.3, 0.4) is 0 Å². The molecule has 1 heterocycles. The molecule has 2 N–H and O–H groups in total. The fourth-order valence-electron chi connectivity index (χ4n) is 2.12. The number of aliphatic imine (C=N–C) groups is 1. The van der Waals surface area contributed by atoms with Gasteiger partial charge in [0, 0.05) is 19.3 Å². The lowest BCUT2D eigenvalue weighted by Crippen LogP contribution is -2.38. The average Bonchev–Trinajstić information content (AvgIpc) is 2.93. The Labute approximate surface area is 159 Å². The van der Waals surface area contributed by atoms with Crippen molar-refractivity contribution in [3.05, 3.63) is 53.1 Å². The molecule has 0 aliphatic carbocycles. The van der Waals surface area contributed by atoms with Crippen LogP contribution in [0.1, 0.15) is 23.6 Å². The van der Waals surface area contributed by atoms with Gasteiger partial charge in [-0.25, -0.2) is 9.38 Å². The highest BCUT2D eigenvalue weighted by molar-refractivity contribution is 14.0. The van der Waals surface area contributed by atoms with Gasteiger partial charge in [-0.05, 0) is 43.5 Å². The summed E-state index contributed by atoms with van der Waals surface area (Å²) in [5.41, 5.74) is 2.65. The number of hydrogen-bond donors (Lipinski definition) is 2. The zero-order valence-corrected chi connectivity index (χ0v) is 16.7. The Kier molecular flexibility index (Phi) is 8.73. The molecule has 0 bridgehead atoms. The van der Waals surface area contributed by atoms with Crippen LogP contribution in [0.5, 0.6) is 0 Å². The highest BCUT2D eigenvalue weighted by Gasteiger charge is 2.01. The molecule has 7 heteroatoms. The van der Waals surface area contributed by atoms with E-state index in [-0.39, 0.29) is 29.8 Å². The Morgan fingerprint density at radius 2 is 2.08 bits per heavy atom. The van der Waals surface area contributed by atoms with Gasteiger partial charge in [-0.3, -0.25) is 4.68 Å². The molecule has 1 aromatic heterocycles. The third-order valence-corrected chi connectivity index (χ3v) is 3.40. The van der Waals surface area contributed by atoms with Crippen molar-refractivity contribution in [3.8, 4) is 0 Å². The number of hydrogen-bond acceptors (Lipinski definition) is 2. The summed E-state index contributed by atoms with van der Waals surface area (Å²) in [5, 5.41) is 10.7. The van der Waals surface area contributed by atoms with Gasteiger partial charge < -0.3 is 10.6 Å². The van der Waals surface area contributed by atoms with Crippen LogP contribution in [0.25, 0.3) is 0 Å². The van der Waals surface area contributed by atoms with E-state index in [1.807, 2.05) is 37.0 Å². The Bertz CT molecular complexity index is 669. The predicted octanol–water partition coefficient (Wildman–Crippen LogP) is 3.01. The summed E-state index contributed by atoms with van der Waals surface area (Å²) >= 11 is 0. The van der Waals surface area contributed by atoms with Crippen LogP contribution in [0.2, 0.25) is 0 Å². The summed E-state index contributed by atoms with van der Waals surface area (Å²) in [6.45, 7) is 8.47. The number of nitrogens with one attached hydrogen (secondary N) is 2. The van der Waals surface area contributed by atoms with E-state index in [9.17, 15) is 4.39 Å². The minimum absolute atomic E-state index is 0. The number of nitrogens with zero attached hydrogens (tertiary/aromatic N) is 3. The highest BCUT2D eigenvalue weighted by Crippen LogP contribution is 2.09. The summed E-state index contributed by atoms with van der Waals surface area (Å²) < 4.78 is 15.4. The third-order valence-electron chi connectivity index (χ3n) is 3.40. The van der Waals surface area contributed by atoms with Crippen molar-refractivity contribution in [3.63, 3.8) is 0 Å². The van der Waals surface area contributed by atoms with Gasteiger partial charge in [0.05, 0.1) is 19.3 Å². The molecule has 0 aliphatic heterocycles. The van der Waals surface area contributed by atoms with Crippen LogP contribution in [0.4, 0.5) is 4.39 Å². The van der Waals surface area contributed by atoms with Gasteiger partial charge in [0.2, 0.25) is 0 Å². The third kappa shape index (κ3) is 6.46. The lowest BCUT2D eigenvalue weighted by molar-refractivity contribution is 0.597. The first-order chi connectivity index (χ1) is 11.1. The first-order valence-electron chi connectivity index (χ1n) is 7.84. The Morgan fingerprint density at radius 3 is 2.71 bits per heavy atom. The maximum atomic E-state index is 13.6. The van der Waals surface area contributed by atoms with Crippen molar-refractivity contribution >= 4 is 29.9 Å². The van der Waals surface area contributed by atoms with Crippen molar-refractivity contribution in [1.82, 2.24) is 20.4 Å². The van der Waals surface area contributed by atoms with Crippen molar-refractivity contribution in [2.75, 3.05) is 13.1 Å². The van der Waals surface area contributed by atoms with Crippen LogP contribution in [-0.2, 0) is 13.1 Å². The molecule has 2 rings (SSSR count). The van der Waals surface area contributed by atoms with Gasteiger partial charge in [-0.1, -0.05) is 12.1 Å². The van der Waals surface area contributed by atoms with E-state index in [1.54, 1.807) is 13.0 Å². The standard InChI is InChI=1S/C17H24FN5.HI/c1-4-19-17(20-7-8-23-12-13(2)10-22-23)21-11-15-6-5-14(3)16(18)9-15;/h5-6,9-10,12H,4,7-8,11H2,1-3H3,(H2,19,20,21);1H. The fraction of sp³-hybridized carbons (Fsp3) is 0.412. The van der Waals surface area contributed by atoms with Crippen LogP contribution in [-0.4, -0.2) is 28.8 Å². The van der Waals surface area contributed by atoms with Crippen molar-refractivity contribution in [1.29, 1.82) is 0 Å². The number of guanidine groups is 1. The van der Waals surface area contributed by atoms with Gasteiger partial charge in [-0.15, -0.1) is 24.0 Å². The summed E-state index contributed by atoms with van der Waals surface area (Å²) in [5.74, 6) is 0.530. The monoisotopic (exact) mass is 445 g/mol. The quantitative estimate of drug-likeness (QED) is 0.409. The molecular weight excluding hydrogens is 420 g/mol. The highest BCUT2D eigenvalue weighted by atomic mass is 127. The molecule has 24 heavy (non-hydrogen) atoms. The smallest absolute Gasteiger partial charge is 0.191 e. The molecule has 1 aromatic carbocycles. The molecule has 0 spiro atoms. The van der Waals surface area contributed by atoms with Crippen LogP contribution in [0, 0.1) is 19.7 Å². The Morgan fingerprint density at radius 1 is 1.29 bits per heavy atom. The van der Waals surface area contributed by atoms with E-state index < -0.39 is 0 Å². The van der Waals surface area contributed by atoms with E-state index in [0.717, 1.165) is 36.7 Å². The normalized spacial score (nSPS) is 11.1. The second-order valence-electron chi connectivity index (χ2n) is 5.49. The molecule has 0 unspecified atom stereocenters. The second kappa shape index (κ2) is 10.3. The first-order valence-corrected chi connectivity index (χ1v) is 7.84. The van der Waals surface area contributed by atoms with E-state index in [2.05, 4.69) is 20.7 Å². The summed E-state index contributed by atoms with van der Waals surface area (Å²) in [6.07, 6.45) is 3.84. The van der Waals surface area contributed by atoms with Gasteiger partial charge in [0.15, 0.2) is 5.96 Å². The second-order valence-corrected chi connectivity index (χ2v) is 5.49. The molecule has 5 nitrogen and oxygen atoms in total. The Hall–Kier alpha value is -1.64. The molecule has 132 valence electrons. The van der Waals surface area contributed by atoms with Crippen molar-refractivity contribution < 1.29 is 4.39 Å². The molecule has 0 saturated heterocycles. The largest absolute Gasteiger partial charge is 0.357 e. The number of aromatic nitrogens is 2. The van der Waals surface area contributed by atoms with Gasteiger partial charge in [0.1, 0.15) is 5.82 Å². The topological polar surface area (TPSA) is 54.2 Å². The minimum Gasteiger partial charge on any atom is -0.357 e. The van der Waals surface area contributed by atoms with Crippen LogP contribution < -0.4 is 10.6 Å². The summed E-state index contributed by atoms with van der Waals surface area (Å²) in [4.78, 5) is 4.49. The fourth-order valence-corrected chi connectivity index (χ4v) is 2.12. The number of halogens is 2. The van der Waals surface area contributed by atoms with E-state index >= 15 is 0 Å². The summed E-state index contributed by atoms with van der Waals surface area (Å²) in [7, 11) is 0. The van der Waals surface area contributed by atoms with Crippen LogP contribution >= 0.6 is 24.0 Å². The van der Waals surface area contributed by atoms with Gasteiger partial charge in [-0.2, -0.15) is 5.10 Å². The maximum absolute atomic E-state index is 13.6. The van der Waals surface area contributed by atoms with Crippen molar-refractivity contribution in [2.24, 2.45) is 4.99 Å². The molecule has 0 amide bonds. The number of benzene rings is 1. The van der Waals surface area contributed by atoms with Gasteiger partial charge in [0.25, 0.3) is 0 Å². The Balaban J connectivity index is 0.00000288. The molecule has 0 atom stereocenters. The van der Waals surface area contributed by atoms with Gasteiger partial charge >= 0.3 is 0 Å². The molecular formula is C17H25FIN5. The zero-order valence-electron chi connectivity index (χ0n) is 14.3. The first kappa shape index (κ1) is 20.4. The lowest BCUT2D eigenvalue weighted by atomic mass is 10.1. The minimum atomic E-state index is -0.190. The zero-order chi connectivity index (χ0) is 16.7. The summed E-state index contributed by atoms with van der Waals surface area (Å²) in [6, 6.07) is 5.22. The predicted molar refractivity (Wildman–Crippen MR) is 106 cm³/mol. The molecule has 0 fully saturated rings. The molecule has 0 aliphatic rings. The molecule has 0 saturated carbocycles. The average molecular weight is 445 g/mol. The van der Waals surface area contributed by atoms with E-state index in [1.165, 1.54) is 6.07 Å². The molecule has 0 radical (unpaired) electrons. The van der Waals surface area contributed by atoms with E-state index in [4.69, 9.17) is 0 Å². The number of rotatable bonds is 6. The molecule has 2 aromatic rings.